The van der Waals surface area contributed by atoms with Gasteiger partial charge in [0.1, 0.15) is 0 Å². The maximum Gasteiger partial charge on any atom is 0.335 e. The highest BCUT2D eigenvalue weighted by Gasteiger charge is 2.40. The van der Waals surface area contributed by atoms with Gasteiger partial charge in [-0.2, -0.15) is 5.10 Å². The summed E-state index contributed by atoms with van der Waals surface area (Å²) in [4.78, 5) is 25.0. The number of aliphatic hydroxyl groups is 1. The highest BCUT2D eigenvalue weighted by Crippen LogP contribution is 2.23. The maximum atomic E-state index is 12.3. The van der Waals surface area contributed by atoms with Crippen molar-refractivity contribution < 1.29 is 19.8 Å². The van der Waals surface area contributed by atoms with Crippen LogP contribution >= 0.6 is 0 Å². The second kappa shape index (κ2) is 6.45. The Morgan fingerprint density at radius 3 is 2.38 bits per heavy atom. The molecule has 1 saturated heterocycles. The second-order valence-electron chi connectivity index (χ2n) is 6.01. The van der Waals surface area contributed by atoms with E-state index >= 15 is 0 Å². The molecule has 1 aliphatic heterocycles. The molecule has 0 radical (unpaired) electrons. The van der Waals surface area contributed by atoms with Crippen LogP contribution in [0.3, 0.4) is 0 Å². The van der Waals surface area contributed by atoms with Gasteiger partial charge in [0.25, 0.3) is 0 Å². The van der Waals surface area contributed by atoms with Crippen LogP contribution in [0.1, 0.15) is 18.4 Å². The van der Waals surface area contributed by atoms with E-state index < -0.39 is 11.6 Å². The van der Waals surface area contributed by atoms with E-state index in [2.05, 4.69) is 5.10 Å². The molecule has 0 bridgehead atoms. The van der Waals surface area contributed by atoms with Crippen LogP contribution in [0.2, 0.25) is 0 Å². The first-order valence-corrected chi connectivity index (χ1v) is 7.80. The van der Waals surface area contributed by atoms with Crippen molar-refractivity contribution in [3.63, 3.8) is 0 Å². The number of carbonyl (C=O) groups is 2. The summed E-state index contributed by atoms with van der Waals surface area (Å²) in [6.07, 6.45) is 3.92. The van der Waals surface area contributed by atoms with E-state index in [-0.39, 0.29) is 38.3 Å². The van der Waals surface area contributed by atoms with Gasteiger partial charge in [-0.3, -0.25) is 4.79 Å². The van der Waals surface area contributed by atoms with Crippen molar-refractivity contribution in [3.05, 3.63) is 48.3 Å². The average Bonchev–Trinajstić information content (AvgIpc) is 3.10. The maximum absolute atomic E-state index is 12.3. The van der Waals surface area contributed by atoms with Gasteiger partial charge in [-0.05, 0) is 23.8 Å². The van der Waals surface area contributed by atoms with Gasteiger partial charge in [0.2, 0.25) is 5.91 Å². The van der Waals surface area contributed by atoms with Crippen LogP contribution in [0.4, 0.5) is 0 Å². The monoisotopic (exact) mass is 329 g/mol. The number of aliphatic carboxylic acids is 1. The minimum absolute atomic E-state index is 0.0609. The fourth-order valence-electron chi connectivity index (χ4n) is 2.81. The van der Waals surface area contributed by atoms with Crippen molar-refractivity contribution in [3.8, 4) is 5.69 Å². The lowest BCUT2D eigenvalue weighted by atomic mass is 9.91. The molecule has 2 heterocycles. The Balaban J connectivity index is 1.58. The Morgan fingerprint density at radius 2 is 1.83 bits per heavy atom. The summed E-state index contributed by atoms with van der Waals surface area (Å²) < 4.78 is 1.74. The zero-order valence-corrected chi connectivity index (χ0v) is 13.1. The highest BCUT2D eigenvalue weighted by molar-refractivity contribution is 5.80. The molecule has 7 nitrogen and oxygen atoms in total. The Kier molecular flexibility index (Phi) is 4.35. The molecule has 1 amide bonds. The van der Waals surface area contributed by atoms with Crippen molar-refractivity contribution in [1.29, 1.82) is 0 Å². The van der Waals surface area contributed by atoms with Crippen LogP contribution in [-0.4, -0.2) is 55.5 Å². The summed E-state index contributed by atoms with van der Waals surface area (Å²) in [6, 6.07) is 9.40. The molecular formula is C17H19N3O4. The molecule has 1 aromatic carbocycles. The molecule has 0 unspecified atom stereocenters. The zero-order chi connectivity index (χ0) is 17.2. The minimum atomic E-state index is -1.71. The van der Waals surface area contributed by atoms with Gasteiger partial charge in [0, 0.05) is 38.3 Å². The van der Waals surface area contributed by atoms with Gasteiger partial charge < -0.3 is 15.1 Å². The average molecular weight is 329 g/mol. The molecule has 126 valence electrons. The molecule has 1 aliphatic rings. The number of carboxylic acid groups (broad SMARTS) is 1. The molecular weight excluding hydrogens is 310 g/mol. The Bertz CT molecular complexity index is 717. The minimum Gasteiger partial charge on any atom is -0.479 e. The molecule has 0 atom stereocenters. The van der Waals surface area contributed by atoms with E-state index in [0.29, 0.717) is 0 Å². The number of piperidine rings is 1. The Morgan fingerprint density at radius 1 is 1.17 bits per heavy atom. The van der Waals surface area contributed by atoms with E-state index in [4.69, 9.17) is 5.11 Å². The van der Waals surface area contributed by atoms with Crippen LogP contribution in [0, 0.1) is 0 Å². The third kappa shape index (κ3) is 3.30. The third-order valence-corrected chi connectivity index (χ3v) is 4.40. The van der Waals surface area contributed by atoms with Crippen molar-refractivity contribution in [2.24, 2.45) is 0 Å². The predicted molar refractivity (Wildman–Crippen MR) is 85.7 cm³/mol. The molecule has 1 aromatic heterocycles. The summed E-state index contributed by atoms with van der Waals surface area (Å²) in [5, 5.41) is 23.1. The number of hydrogen-bond donors (Lipinski definition) is 2. The van der Waals surface area contributed by atoms with E-state index in [0.717, 1.165) is 11.3 Å². The first-order chi connectivity index (χ1) is 11.5. The summed E-state index contributed by atoms with van der Waals surface area (Å²) in [6.45, 7) is 0.514. The van der Waals surface area contributed by atoms with Gasteiger partial charge >= 0.3 is 5.97 Å². The summed E-state index contributed by atoms with van der Waals surface area (Å²) in [5.41, 5.74) is 0.0954. The second-order valence-corrected chi connectivity index (χ2v) is 6.01. The van der Waals surface area contributed by atoms with Gasteiger partial charge in [-0.15, -0.1) is 0 Å². The van der Waals surface area contributed by atoms with Crippen LogP contribution in [0.5, 0.6) is 0 Å². The fourth-order valence-corrected chi connectivity index (χ4v) is 2.81. The molecule has 0 saturated carbocycles. The normalized spacial score (nSPS) is 16.8. The van der Waals surface area contributed by atoms with E-state index in [1.807, 2.05) is 36.5 Å². The van der Waals surface area contributed by atoms with Crippen LogP contribution < -0.4 is 0 Å². The van der Waals surface area contributed by atoms with E-state index in [9.17, 15) is 14.7 Å². The molecule has 2 aromatic rings. The Hall–Kier alpha value is -2.67. The first kappa shape index (κ1) is 16.2. The lowest BCUT2D eigenvalue weighted by Crippen LogP contribution is -2.51. The fraction of sp³-hybridized carbons (Fsp3) is 0.353. The molecule has 24 heavy (non-hydrogen) atoms. The van der Waals surface area contributed by atoms with Gasteiger partial charge in [-0.1, -0.05) is 12.1 Å². The Labute approximate surface area is 139 Å². The predicted octanol–water partition coefficient (Wildman–Crippen LogP) is 0.853. The van der Waals surface area contributed by atoms with E-state index in [1.54, 1.807) is 15.8 Å². The lowest BCUT2D eigenvalue weighted by molar-refractivity contribution is -0.165. The van der Waals surface area contributed by atoms with Gasteiger partial charge in [-0.25, -0.2) is 9.48 Å². The summed E-state index contributed by atoms with van der Waals surface area (Å²) in [7, 11) is 0. The SMILES string of the molecule is O=C(Cc1ccc(-n2cccn2)cc1)N1CCC(O)(C(=O)O)CC1. The molecule has 7 heteroatoms. The zero-order valence-electron chi connectivity index (χ0n) is 13.1. The van der Waals surface area contributed by atoms with Crippen LogP contribution in [-0.2, 0) is 16.0 Å². The van der Waals surface area contributed by atoms with Crippen molar-refractivity contribution in [2.75, 3.05) is 13.1 Å². The number of rotatable bonds is 4. The number of benzene rings is 1. The standard InChI is InChI=1S/C17H19N3O4/c21-15(19-10-6-17(24,7-11-19)16(22)23)12-13-2-4-14(5-3-13)20-9-1-8-18-20/h1-5,8-9,24H,6-7,10-12H2,(H,22,23). The highest BCUT2D eigenvalue weighted by atomic mass is 16.4. The number of nitrogens with zero attached hydrogens (tertiary/aromatic N) is 3. The molecule has 1 fully saturated rings. The van der Waals surface area contributed by atoms with Crippen LogP contribution in [0.15, 0.2) is 42.7 Å². The number of carbonyl (C=O) groups excluding carboxylic acids is 1. The molecule has 0 aliphatic carbocycles. The van der Waals surface area contributed by atoms with Crippen molar-refractivity contribution in [1.82, 2.24) is 14.7 Å². The third-order valence-electron chi connectivity index (χ3n) is 4.40. The number of carboxylic acids is 1. The number of amides is 1. The van der Waals surface area contributed by atoms with Gasteiger partial charge in [0.15, 0.2) is 5.60 Å². The number of likely N-dealkylation sites (tertiary alicyclic amines) is 1. The van der Waals surface area contributed by atoms with Crippen molar-refractivity contribution in [2.45, 2.75) is 24.9 Å². The van der Waals surface area contributed by atoms with E-state index in [1.165, 1.54) is 0 Å². The molecule has 2 N–H and O–H groups in total. The van der Waals surface area contributed by atoms with Gasteiger partial charge in [0.05, 0.1) is 12.1 Å². The smallest absolute Gasteiger partial charge is 0.335 e. The summed E-state index contributed by atoms with van der Waals surface area (Å²) >= 11 is 0. The first-order valence-electron chi connectivity index (χ1n) is 7.80. The van der Waals surface area contributed by atoms with Crippen LogP contribution in [0.25, 0.3) is 5.69 Å². The number of aromatic nitrogens is 2. The quantitative estimate of drug-likeness (QED) is 0.867. The lowest BCUT2D eigenvalue weighted by Gasteiger charge is -2.35. The van der Waals surface area contributed by atoms with Crippen molar-refractivity contribution >= 4 is 11.9 Å². The number of hydrogen-bond acceptors (Lipinski definition) is 4. The molecule has 3 rings (SSSR count). The molecule has 0 spiro atoms. The summed E-state index contributed by atoms with van der Waals surface area (Å²) in [5.74, 6) is -1.28. The topological polar surface area (TPSA) is 95.7 Å². The largest absolute Gasteiger partial charge is 0.479 e.